The molecule has 16 heavy (non-hydrogen) atoms. The van der Waals surface area contributed by atoms with E-state index in [4.69, 9.17) is 25.2 Å². The molecule has 0 aromatic carbocycles. The van der Waals surface area contributed by atoms with Crippen LogP contribution in [0.1, 0.15) is 0 Å². The summed E-state index contributed by atoms with van der Waals surface area (Å²) >= 11 is 4.19. The first-order valence-corrected chi connectivity index (χ1v) is 4.33. The fraction of sp³-hybridized carbons (Fsp3) is 0.500. The Balaban J connectivity index is -0.000000166. The normalized spacial score (nSPS) is 7.69. The van der Waals surface area contributed by atoms with Gasteiger partial charge in [0.2, 0.25) is 0 Å². The summed E-state index contributed by atoms with van der Waals surface area (Å²) in [5.74, 6) is -0.981. The highest BCUT2D eigenvalue weighted by Gasteiger charge is 1.79. The van der Waals surface area contributed by atoms with Gasteiger partial charge in [0.1, 0.15) is 0 Å². The maximum atomic E-state index is 9.25. The number of aliphatic hydroxyl groups excluding tert-OH is 2. The molecule has 0 bridgehead atoms. The number of ether oxygens (including phenoxy) is 1. The van der Waals surface area contributed by atoms with Crippen molar-refractivity contribution in [1.29, 1.82) is 0 Å². The van der Waals surface area contributed by atoms with Crippen LogP contribution in [0, 0.1) is 0 Å². The average Bonchev–Trinajstić information content (AvgIpc) is 2.19. The Morgan fingerprint density at radius 3 is 1.56 bits per heavy atom. The van der Waals surface area contributed by atoms with E-state index in [1.54, 1.807) is 0 Å². The molecular weight excluding hydrogens is 244 g/mol. The second-order valence-electron chi connectivity index (χ2n) is 1.85. The summed E-state index contributed by atoms with van der Waals surface area (Å²) < 4.78 is 4.63. The van der Waals surface area contributed by atoms with E-state index in [1.165, 1.54) is 0 Å². The van der Waals surface area contributed by atoms with Crippen LogP contribution in [0.15, 0.2) is 12.7 Å². The smallest absolute Gasteiger partial charge is 0.401 e. The lowest BCUT2D eigenvalue weighted by Gasteiger charge is -1.94. The number of hydrogen-bond donors (Lipinski definition) is 4. The van der Waals surface area contributed by atoms with Crippen LogP contribution in [0.2, 0.25) is 0 Å². The predicted octanol–water partition coefficient (Wildman–Crippen LogP) is 0.148. The van der Waals surface area contributed by atoms with Gasteiger partial charge in [-0.05, 0) is 0 Å². The molecule has 0 saturated heterocycles. The second-order valence-corrected chi connectivity index (χ2v) is 2.18. The number of aliphatic hydroxyl groups is 2. The second kappa shape index (κ2) is 19.4. The van der Waals surface area contributed by atoms with E-state index >= 15 is 0 Å². The van der Waals surface area contributed by atoms with Crippen LogP contribution in [0.3, 0.4) is 0 Å². The average molecular weight is 259 g/mol. The third-order valence-electron chi connectivity index (χ3n) is 0.646. The number of hydrogen-bond acceptors (Lipinski definition) is 5. The van der Waals surface area contributed by atoms with E-state index < -0.39 is 11.4 Å². The first-order valence-electron chi connectivity index (χ1n) is 3.95. The van der Waals surface area contributed by atoms with Gasteiger partial charge in [-0.1, -0.05) is 6.58 Å². The Morgan fingerprint density at radius 1 is 1.19 bits per heavy atom. The van der Waals surface area contributed by atoms with Crippen LogP contribution < -0.4 is 0 Å². The van der Waals surface area contributed by atoms with Crippen molar-refractivity contribution in [1.82, 2.24) is 0 Å². The Bertz CT molecular complexity index is 175. The van der Waals surface area contributed by atoms with E-state index in [9.17, 15) is 4.79 Å². The van der Waals surface area contributed by atoms with Gasteiger partial charge in [0, 0.05) is 17.7 Å². The highest BCUT2D eigenvalue weighted by Crippen LogP contribution is 1.68. The SMILES string of the molecule is C=CC(=O)O.O=C(O)Cl.OCCOCCO. The standard InChI is InChI=1S/C4H10O3.C3H4O2.CHClO2/c5-1-3-7-4-2-6;1-2-3(4)5;2-1(3)4/h5-6H,1-4H2;2H,1H2,(H,4,5);(H,3,4). The quantitative estimate of drug-likeness (QED) is 0.314. The largest absolute Gasteiger partial charge is 0.478 e. The topological polar surface area (TPSA) is 124 Å². The minimum absolute atomic E-state index is 0.0278. The Morgan fingerprint density at radius 2 is 1.44 bits per heavy atom. The number of halogens is 1. The molecule has 0 rings (SSSR count). The van der Waals surface area contributed by atoms with Gasteiger partial charge in [0.15, 0.2) is 0 Å². The van der Waals surface area contributed by atoms with Crippen LogP contribution in [0.25, 0.3) is 0 Å². The Hall–Kier alpha value is -1.15. The van der Waals surface area contributed by atoms with Crippen molar-refractivity contribution in [3.8, 4) is 0 Å². The summed E-state index contributed by atoms with van der Waals surface area (Å²) in [6.07, 6.45) is 0.833. The van der Waals surface area contributed by atoms with Gasteiger partial charge in [0.25, 0.3) is 0 Å². The van der Waals surface area contributed by atoms with Crippen molar-refractivity contribution >= 4 is 23.0 Å². The minimum atomic E-state index is -1.36. The zero-order chi connectivity index (χ0) is 13.4. The molecule has 0 radical (unpaired) electrons. The minimum Gasteiger partial charge on any atom is -0.478 e. The van der Waals surface area contributed by atoms with Crippen molar-refractivity contribution in [3.05, 3.63) is 12.7 Å². The molecule has 96 valence electrons. The molecule has 0 fully saturated rings. The molecular formula is C8H15ClO7. The van der Waals surface area contributed by atoms with Crippen LogP contribution >= 0.6 is 11.6 Å². The molecule has 0 atom stereocenters. The van der Waals surface area contributed by atoms with Gasteiger partial charge in [-0.2, -0.15) is 0 Å². The van der Waals surface area contributed by atoms with Crippen molar-refractivity contribution in [2.24, 2.45) is 0 Å². The summed E-state index contributed by atoms with van der Waals surface area (Å²) in [6, 6.07) is 0. The molecule has 0 saturated carbocycles. The molecule has 0 heterocycles. The lowest BCUT2D eigenvalue weighted by molar-refractivity contribution is -0.131. The number of rotatable bonds is 5. The van der Waals surface area contributed by atoms with Crippen molar-refractivity contribution in [2.45, 2.75) is 0 Å². The summed E-state index contributed by atoms with van der Waals surface area (Å²) in [6.45, 7) is 3.66. The fourth-order valence-corrected chi connectivity index (χ4v) is 0.231. The predicted molar refractivity (Wildman–Crippen MR) is 56.7 cm³/mol. The van der Waals surface area contributed by atoms with Crippen LogP contribution in [0.4, 0.5) is 4.79 Å². The third-order valence-corrected chi connectivity index (χ3v) is 0.646. The van der Waals surface area contributed by atoms with Gasteiger partial charge in [-0.25, -0.2) is 9.59 Å². The summed E-state index contributed by atoms with van der Waals surface area (Å²) in [7, 11) is 0. The molecule has 0 aliphatic heterocycles. The number of carbonyl (C=O) groups is 2. The molecule has 0 aromatic rings. The van der Waals surface area contributed by atoms with Crippen molar-refractivity contribution < 1.29 is 34.8 Å². The first kappa shape index (κ1) is 20.3. The number of aliphatic carboxylic acids is 1. The van der Waals surface area contributed by atoms with Crippen LogP contribution in [-0.2, 0) is 9.53 Å². The summed E-state index contributed by atoms with van der Waals surface area (Å²) in [4.78, 5) is 18.0. The third kappa shape index (κ3) is 76.7. The zero-order valence-corrected chi connectivity index (χ0v) is 9.26. The number of carboxylic acids is 1. The lowest BCUT2D eigenvalue weighted by atomic mass is 10.7. The van der Waals surface area contributed by atoms with Crippen molar-refractivity contribution in [2.75, 3.05) is 26.4 Å². The molecule has 4 N–H and O–H groups in total. The van der Waals surface area contributed by atoms with Gasteiger partial charge in [-0.3, -0.25) is 0 Å². The highest BCUT2D eigenvalue weighted by molar-refractivity contribution is 6.60. The molecule has 0 amide bonds. The van der Waals surface area contributed by atoms with Crippen LogP contribution in [0.5, 0.6) is 0 Å². The molecule has 0 spiro atoms. The Labute approximate surface area is 97.5 Å². The van der Waals surface area contributed by atoms with Gasteiger partial charge >= 0.3 is 11.4 Å². The van der Waals surface area contributed by atoms with E-state index in [-0.39, 0.29) is 13.2 Å². The van der Waals surface area contributed by atoms with E-state index in [0.29, 0.717) is 13.2 Å². The van der Waals surface area contributed by atoms with Gasteiger partial charge < -0.3 is 25.2 Å². The summed E-state index contributed by atoms with van der Waals surface area (Å²) in [5.41, 5.74) is -1.36. The Kier molecular flexibility index (Phi) is 24.6. The molecule has 7 nitrogen and oxygen atoms in total. The molecule has 0 aliphatic rings. The van der Waals surface area contributed by atoms with E-state index in [1.807, 2.05) is 0 Å². The fourth-order valence-electron chi connectivity index (χ4n) is 0.231. The van der Waals surface area contributed by atoms with Gasteiger partial charge in [0.05, 0.1) is 26.4 Å². The van der Waals surface area contributed by atoms with E-state index in [0.717, 1.165) is 6.08 Å². The molecule has 8 heteroatoms. The van der Waals surface area contributed by atoms with Gasteiger partial charge in [-0.15, -0.1) is 0 Å². The van der Waals surface area contributed by atoms with Crippen LogP contribution in [-0.4, -0.2) is 58.3 Å². The molecule has 0 aromatic heterocycles. The van der Waals surface area contributed by atoms with Crippen molar-refractivity contribution in [3.63, 3.8) is 0 Å². The lowest BCUT2D eigenvalue weighted by Crippen LogP contribution is -2.03. The highest BCUT2D eigenvalue weighted by atomic mass is 35.5. The maximum absolute atomic E-state index is 9.25. The molecule has 0 unspecified atom stereocenters. The zero-order valence-electron chi connectivity index (χ0n) is 8.50. The molecule has 0 aliphatic carbocycles. The van der Waals surface area contributed by atoms with E-state index in [2.05, 4.69) is 22.9 Å². The first-order chi connectivity index (χ1) is 7.42. The monoisotopic (exact) mass is 258 g/mol. The maximum Gasteiger partial charge on any atom is 0.401 e. The number of carboxylic acid groups (broad SMARTS) is 2. The summed E-state index contributed by atoms with van der Waals surface area (Å²) in [5, 5.41) is 31.0.